The number of likely N-dealkylation sites (N-methyl/N-ethyl adjacent to an activating group) is 1. The van der Waals surface area contributed by atoms with Crippen molar-refractivity contribution in [2.45, 2.75) is 57.8 Å². The molecule has 0 radical (unpaired) electrons. The lowest BCUT2D eigenvalue weighted by Crippen LogP contribution is -2.37. The molecule has 16 heavy (non-hydrogen) atoms. The van der Waals surface area contributed by atoms with Gasteiger partial charge < -0.3 is 15.4 Å². The summed E-state index contributed by atoms with van der Waals surface area (Å²) >= 11 is 0. The van der Waals surface area contributed by atoms with Gasteiger partial charge in [-0.3, -0.25) is 4.79 Å². The third-order valence-electron chi connectivity index (χ3n) is 3.11. The van der Waals surface area contributed by atoms with Gasteiger partial charge in [0.25, 0.3) is 0 Å². The van der Waals surface area contributed by atoms with Crippen LogP contribution in [0.5, 0.6) is 0 Å². The van der Waals surface area contributed by atoms with Crippen molar-refractivity contribution in [2.75, 3.05) is 13.6 Å². The van der Waals surface area contributed by atoms with E-state index in [1.807, 2.05) is 14.0 Å². The quantitative estimate of drug-likeness (QED) is 0.714. The van der Waals surface area contributed by atoms with E-state index in [0.29, 0.717) is 31.2 Å². The Labute approximate surface area is 98.1 Å². The Morgan fingerprint density at radius 2 is 2.25 bits per heavy atom. The molecule has 2 N–H and O–H groups in total. The zero-order valence-corrected chi connectivity index (χ0v) is 10.6. The van der Waals surface area contributed by atoms with Crippen LogP contribution < -0.4 is 10.6 Å². The molecule has 0 aromatic carbocycles. The molecule has 94 valence electrons. The normalized spacial score (nSPS) is 26.7. The summed E-state index contributed by atoms with van der Waals surface area (Å²) in [7, 11) is 1.89. The molecule has 0 aromatic rings. The Hall–Kier alpha value is -0.610. The van der Waals surface area contributed by atoms with E-state index in [-0.39, 0.29) is 5.91 Å². The third kappa shape index (κ3) is 4.94. The molecule has 3 unspecified atom stereocenters. The van der Waals surface area contributed by atoms with Crippen LogP contribution in [-0.4, -0.2) is 37.7 Å². The highest BCUT2D eigenvalue weighted by atomic mass is 16.5. The first kappa shape index (κ1) is 13.5. The maximum Gasteiger partial charge on any atom is 0.220 e. The minimum Gasteiger partial charge on any atom is -0.375 e. The van der Waals surface area contributed by atoms with Crippen molar-refractivity contribution in [3.63, 3.8) is 0 Å². The number of nitrogens with one attached hydrogen (secondary N) is 2. The van der Waals surface area contributed by atoms with E-state index in [0.717, 1.165) is 19.3 Å². The summed E-state index contributed by atoms with van der Waals surface area (Å²) in [5.41, 5.74) is 0. The van der Waals surface area contributed by atoms with Crippen LogP contribution in [-0.2, 0) is 9.53 Å². The highest BCUT2D eigenvalue weighted by Crippen LogP contribution is 2.22. The molecule has 1 aliphatic heterocycles. The molecule has 0 bridgehead atoms. The Kier molecular flexibility index (Phi) is 5.77. The van der Waals surface area contributed by atoms with Crippen LogP contribution in [0.2, 0.25) is 0 Å². The van der Waals surface area contributed by atoms with Gasteiger partial charge in [0.15, 0.2) is 0 Å². The van der Waals surface area contributed by atoms with Crippen LogP contribution >= 0.6 is 0 Å². The molecule has 1 heterocycles. The number of carbonyl (C=O) groups is 1. The predicted octanol–water partition coefficient (Wildman–Crippen LogP) is 1.06. The predicted molar refractivity (Wildman–Crippen MR) is 64.3 cm³/mol. The summed E-state index contributed by atoms with van der Waals surface area (Å²) in [4.78, 5) is 11.5. The molecular weight excluding hydrogens is 204 g/mol. The summed E-state index contributed by atoms with van der Waals surface area (Å²) in [5.74, 6) is 0.130. The minimum absolute atomic E-state index is 0.130. The molecule has 0 aliphatic carbocycles. The van der Waals surface area contributed by atoms with Crippen LogP contribution in [0.1, 0.15) is 39.5 Å². The van der Waals surface area contributed by atoms with Gasteiger partial charge in [0.05, 0.1) is 12.2 Å². The van der Waals surface area contributed by atoms with Crippen molar-refractivity contribution in [3.05, 3.63) is 0 Å². The summed E-state index contributed by atoms with van der Waals surface area (Å²) in [6, 6.07) is 0.326. The highest BCUT2D eigenvalue weighted by Gasteiger charge is 2.22. The fourth-order valence-electron chi connectivity index (χ4n) is 1.85. The van der Waals surface area contributed by atoms with Crippen molar-refractivity contribution in [1.29, 1.82) is 0 Å². The first-order valence-electron chi connectivity index (χ1n) is 6.21. The molecule has 4 heteroatoms. The van der Waals surface area contributed by atoms with Gasteiger partial charge >= 0.3 is 0 Å². The zero-order valence-electron chi connectivity index (χ0n) is 10.6. The van der Waals surface area contributed by atoms with Crippen molar-refractivity contribution in [2.24, 2.45) is 0 Å². The Balaban J connectivity index is 2.06. The first-order valence-corrected chi connectivity index (χ1v) is 6.21. The number of hydrogen-bond donors (Lipinski definition) is 2. The van der Waals surface area contributed by atoms with E-state index in [1.54, 1.807) is 0 Å². The standard InChI is InChI=1S/C12H24N2O2/c1-9(13-3)8-14-12(15)7-6-11-5-4-10(2)16-11/h9-11,13H,4-8H2,1-3H3,(H,14,15). The first-order chi connectivity index (χ1) is 7.61. The Bertz CT molecular complexity index is 221. The SMILES string of the molecule is CNC(C)CNC(=O)CCC1CCC(C)O1. The third-order valence-corrected chi connectivity index (χ3v) is 3.11. The van der Waals surface area contributed by atoms with Gasteiger partial charge in [-0.15, -0.1) is 0 Å². The lowest BCUT2D eigenvalue weighted by Gasteiger charge is -2.13. The van der Waals surface area contributed by atoms with Crippen molar-refractivity contribution in [3.8, 4) is 0 Å². The average molecular weight is 228 g/mol. The maximum absolute atomic E-state index is 11.5. The second kappa shape index (κ2) is 6.86. The molecule has 3 atom stereocenters. The fraction of sp³-hybridized carbons (Fsp3) is 0.917. The Morgan fingerprint density at radius 3 is 2.81 bits per heavy atom. The van der Waals surface area contributed by atoms with Crippen LogP contribution in [0.25, 0.3) is 0 Å². The van der Waals surface area contributed by atoms with E-state index in [9.17, 15) is 4.79 Å². The van der Waals surface area contributed by atoms with Crippen LogP contribution in [0.3, 0.4) is 0 Å². The van der Waals surface area contributed by atoms with E-state index in [4.69, 9.17) is 4.74 Å². The molecule has 0 saturated carbocycles. The number of ether oxygens (including phenoxy) is 1. The van der Waals surface area contributed by atoms with Gasteiger partial charge in [0.2, 0.25) is 5.91 Å². The van der Waals surface area contributed by atoms with Crippen LogP contribution in [0, 0.1) is 0 Å². The molecule has 0 aromatic heterocycles. The van der Waals surface area contributed by atoms with Gasteiger partial charge in [-0.05, 0) is 40.2 Å². The lowest BCUT2D eigenvalue weighted by molar-refractivity contribution is -0.121. The summed E-state index contributed by atoms with van der Waals surface area (Å²) in [6.07, 6.45) is 4.32. The van der Waals surface area contributed by atoms with E-state index in [2.05, 4.69) is 17.6 Å². The van der Waals surface area contributed by atoms with Crippen molar-refractivity contribution < 1.29 is 9.53 Å². The number of amides is 1. The topological polar surface area (TPSA) is 50.4 Å². The molecule has 1 fully saturated rings. The van der Waals surface area contributed by atoms with Crippen LogP contribution in [0.4, 0.5) is 0 Å². The van der Waals surface area contributed by atoms with Gasteiger partial charge in [0.1, 0.15) is 0 Å². The molecule has 4 nitrogen and oxygen atoms in total. The minimum atomic E-state index is 0.130. The zero-order chi connectivity index (χ0) is 12.0. The summed E-state index contributed by atoms with van der Waals surface area (Å²) < 4.78 is 5.67. The van der Waals surface area contributed by atoms with Crippen molar-refractivity contribution in [1.82, 2.24) is 10.6 Å². The maximum atomic E-state index is 11.5. The molecule has 1 aliphatic rings. The number of rotatable bonds is 6. The van der Waals surface area contributed by atoms with Crippen LogP contribution in [0.15, 0.2) is 0 Å². The molecule has 1 saturated heterocycles. The largest absolute Gasteiger partial charge is 0.375 e. The lowest BCUT2D eigenvalue weighted by atomic mass is 10.1. The van der Waals surface area contributed by atoms with E-state index < -0.39 is 0 Å². The fourth-order valence-corrected chi connectivity index (χ4v) is 1.85. The molecule has 1 amide bonds. The van der Waals surface area contributed by atoms with Crippen molar-refractivity contribution >= 4 is 5.91 Å². The molecule has 0 spiro atoms. The van der Waals surface area contributed by atoms with E-state index >= 15 is 0 Å². The monoisotopic (exact) mass is 228 g/mol. The number of hydrogen-bond acceptors (Lipinski definition) is 3. The summed E-state index contributed by atoms with van der Waals surface area (Å²) in [6.45, 7) is 4.83. The van der Waals surface area contributed by atoms with E-state index in [1.165, 1.54) is 0 Å². The molecular formula is C12H24N2O2. The van der Waals surface area contributed by atoms with Gasteiger partial charge in [-0.2, -0.15) is 0 Å². The van der Waals surface area contributed by atoms with Gasteiger partial charge in [-0.25, -0.2) is 0 Å². The smallest absolute Gasteiger partial charge is 0.220 e. The second-order valence-electron chi connectivity index (χ2n) is 4.68. The molecule has 1 rings (SSSR count). The highest BCUT2D eigenvalue weighted by molar-refractivity contribution is 5.75. The number of carbonyl (C=O) groups excluding carboxylic acids is 1. The van der Waals surface area contributed by atoms with Gasteiger partial charge in [0, 0.05) is 19.0 Å². The van der Waals surface area contributed by atoms with Gasteiger partial charge in [-0.1, -0.05) is 0 Å². The Morgan fingerprint density at radius 1 is 1.50 bits per heavy atom. The average Bonchev–Trinajstić information content (AvgIpc) is 2.69. The second-order valence-corrected chi connectivity index (χ2v) is 4.68. The summed E-state index contributed by atoms with van der Waals surface area (Å²) in [5, 5.41) is 6.00.